The Balaban J connectivity index is 1.83. The number of hydrogen-bond donors (Lipinski definition) is 1. The van der Waals surface area contributed by atoms with Crippen LogP contribution in [0.3, 0.4) is 0 Å². The second kappa shape index (κ2) is 5.26. The quantitative estimate of drug-likeness (QED) is 0.946. The van der Waals surface area contributed by atoms with Gasteiger partial charge in [-0.3, -0.25) is 0 Å². The molecule has 0 spiro atoms. The lowest BCUT2D eigenvalue weighted by molar-refractivity contribution is 0.261. The first-order chi connectivity index (χ1) is 9.54. The summed E-state index contributed by atoms with van der Waals surface area (Å²) in [4.78, 5) is 6.94. The molecule has 1 aromatic heterocycles. The molecule has 0 saturated carbocycles. The van der Waals surface area contributed by atoms with Gasteiger partial charge in [0.05, 0.1) is 11.0 Å². The second-order valence-electron chi connectivity index (χ2n) is 5.96. The average molecular weight is 293 g/mol. The van der Waals surface area contributed by atoms with Crippen molar-refractivity contribution < 1.29 is 0 Å². The Labute approximate surface area is 124 Å². The zero-order valence-electron chi connectivity index (χ0n) is 12.0. The topological polar surface area (TPSA) is 47.1 Å². The van der Waals surface area contributed by atoms with Crippen LogP contribution in [0, 0.1) is 5.92 Å². The third-order valence-electron chi connectivity index (χ3n) is 4.23. The van der Waals surface area contributed by atoms with Crippen molar-refractivity contribution in [1.29, 1.82) is 0 Å². The molecule has 108 valence electrons. The van der Waals surface area contributed by atoms with Gasteiger partial charge in [0.25, 0.3) is 0 Å². The molecule has 2 N–H and O–H groups in total. The largest absolute Gasteiger partial charge is 0.369 e. The van der Waals surface area contributed by atoms with Crippen molar-refractivity contribution in [1.82, 2.24) is 14.5 Å². The van der Waals surface area contributed by atoms with Crippen LogP contribution in [0.15, 0.2) is 18.2 Å². The molecule has 1 saturated heterocycles. The van der Waals surface area contributed by atoms with E-state index in [0.29, 0.717) is 22.9 Å². The van der Waals surface area contributed by atoms with E-state index < -0.39 is 0 Å². The van der Waals surface area contributed by atoms with Gasteiger partial charge in [-0.25, -0.2) is 4.98 Å². The summed E-state index contributed by atoms with van der Waals surface area (Å²) in [6.45, 7) is 7.77. The molecule has 1 fully saturated rings. The van der Waals surface area contributed by atoms with Gasteiger partial charge in [0.15, 0.2) is 0 Å². The van der Waals surface area contributed by atoms with Gasteiger partial charge in [-0.2, -0.15) is 0 Å². The SMILES string of the molecule is CC(C)N1CCC(Cn2c(N)nc3cc(Cl)ccc32)C1. The standard InChI is InChI=1S/C15H21ClN4/c1-10(2)19-6-5-11(8-19)9-20-14-4-3-12(16)7-13(14)18-15(20)17/h3-4,7,10-11H,5-6,8-9H2,1-2H3,(H2,17,18). The van der Waals surface area contributed by atoms with E-state index in [4.69, 9.17) is 17.3 Å². The molecule has 0 amide bonds. The van der Waals surface area contributed by atoms with Gasteiger partial charge < -0.3 is 15.2 Å². The number of benzene rings is 1. The summed E-state index contributed by atoms with van der Waals surface area (Å²) in [6, 6.07) is 6.40. The summed E-state index contributed by atoms with van der Waals surface area (Å²) >= 11 is 6.01. The van der Waals surface area contributed by atoms with Crippen LogP contribution in [-0.4, -0.2) is 33.6 Å². The van der Waals surface area contributed by atoms with Crippen LogP contribution in [0.5, 0.6) is 0 Å². The van der Waals surface area contributed by atoms with Crippen molar-refractivity contribution in [2.24, 2.45) is 5.92 Å². The first kappa shape index (κ1) is 13.7. The molecular weight excluding hydrogens is 272 g/mol. The molecular formula is C15H21ClN4. The van der Waals surface area contributed by atoms with Crippen LogP contribution in [-0.2, 0) is 6.54 Å². The maximum absolute atomic E-state index is 6.07. The van der Waals surface area contributed by atoms with Crippen LogP contribution >= 0.6 is 11.6 Å². The van der Waals surface area contributed by atoms with Crippen molar-refractivity contribution >= 4 is 28.6 Å². The van der Waals surface area contributed by atoms with Gasteiger partial charge in [0.2, 0.25) is 5.95 Å². The number of anilines is 1. The van der Waals surface area contributed by atoms with Crippen LogP contribution in [0.4, 0.5) is 5.95 Å². The fourth-order valence-electron chi connectivity index (χ4n) is 3.05. The maximum atomic E-state index is 6.07. The summed E-state index contributed by atoms with van der Waals surface area (Å²) in [7, 11) is 0. The molecule has 0 aliphatic carbocycles. The van der Waals surface area contributed by atoms with Crippen LogP contribution in [0.1, 0.15) is 20.3 Å². The number of rotatable bonds is 3. The lowest BCUT2D eigenvalue weighted by Crippen LogP contribution is -2.28. The van der Waals surface area contributed by atoms with Gasteiger partial charge >= 0.3 is 0 Å². The Morgan fingerprint density at radius 3 is 2.95 bits per heavy atom. The number of hydrogen-bond acceptors (Lipinski definition) is 3. The van der Waals surface area contributed by atoms with Gasteiger partial charge in [-0.1, -0.05) is 11.6 Å². The maximum Gasteiger partial charge on any atom is 0.201 e. The number of aromatic nitrogens is 2. The molecule has 1 aliphatic rings. The normalized spacial score (nSPS) is 20.3. The Morgan fingerprint density at radius 2 is 2.25 bits per heavy atom. The van der Waals surface area contributed by atoms with Crippen LogP contribution in [0.2, 0.25) is 5.02 Å². The predicted octanol–water partition coefficient (Wildman–Crippen LogP) is 3.00. The highest BCUT2D eigenvalue weighted by molar-refractivity contribution is 6.31. The second-order valence-corrected chi connectivity index (χ2v) is 6.39. The molecule has 2 heterocycles. The molecule has 0 radical (unpaired) electrons. The molecule has 0 bridgehead atoms. The predicted molar refractivity (Wildman–Crippen MR) is 84.0 cm³/mol. The lowest BCUT2D eigenvalue weighted by atomic mass is 10.1. The summed E-state index contributed by atoms with van der Waals surface area (Å²) in [6.07, 6.45) is 1.23. The van der Waals surface area contributed by atoms with E-state index in [9.17, 15) is 0 Å². The van der Waals surface area contributed by atoms with E-state index in [1.54, 1.807) is 0 Å². The van der Waals surface area contributed by atoms with E-state index in [0.717, 1.165) is 24.1 Å². The molecule has 20 heavy (non-hydrogen) atoms. The first-order valence-corrected chi connectivity index (χ1v) is 7.57. The molecule has 1 aromatic carbocycles. The summed E-state index contributed by atoms with van der Waals surface area (Å²) < 4.78 is 2.13. The van der Waals surface area contributed by atoms with Crippen molar-refractivity contribution in [3.8, 4) is 0 Å². The minimum absolute atomic E-state index is 0.588. The van der Waals surface area contributed by atoms with E-state index in [1.807, 2.05) is 18.2 Å². The molecule has 3 rings (SSSR count). The fourth-order valence-corrected chi connectivity index (χ4v) is 3.22. The van der Waals surface area contributed by atoms with Gasteiger partial charge in [-0.05, 0) is 50.9 Å². The molecule has 2 aromatic rings. The number of fused-ring (bicyclic) bond motifs is 1. The van der Waals surface area contributed by atoms with E-state index in [1.165, 1.54) is 13.0 Å². The minimum Gasteiger partial charge on any atom is -0.369 e. The minimum atomic E-state index is 0.588. The van der Waals surface area contributed by atoms with Crippen molar-refractivity contribution in [2.45, 2.75) is 32.9 Å². The van der Waals surface area contributed by atoms with E-state index >= 15 is 0 Å². The van der Waals surface area contributed by atoms with Gasteiger partial charge in [0.1, 0.15) is 0 Å². The highest BCUT2D eigenvalue weighted by Gasteiger charge is 2.25. The summed E-state index contributed by atoms with van der Waals surface area (Å²) in [5, 5.41) is 0.703. The number of imidazole rings is 1. The highest BCUT2D eigenvalue weighted by atomic mass is 35.5. The average Bonchev–Trinajstić information content (AvgIpc) is 2.96. The fraction of sp³-hybridized carbons (Fsp3) is 0.533. The first-order valence-electron chi connectivity index (χ1n) is 7.20. The molecule has 4 nitrogen and oxygen atoms in total. The Morgan fingerprint density at radius 1 is 1.45 bits per heavy atom. The molecule has 1 unspecified atom stereocenters. The van der Waals surface area contributed by atoms with E-state index in [2.05, 4.69) is 28.3 Å². The molecule has 1 atom stereocenters. The lowest BCUT2D eigenvalue weighted by Gasteiger charge is -2.20. The van der Waals surface area contributed by atoms with Crippen molar-refractivity contribution in [3.05, 3.63) is 23.2 Å². The molecule has 5 heteroatoms. The van der Waals surface area contributed by atoms with Crippen LogP contribution < -0.4 is 5.73 Å². The summed E-state index contributed by atoms with van der Waals surface area (Å²) in [5.41, 5.74) is 8.03. The zero-order chi connectivity index (χ0) is 14.3. The number of likely N-dealkylation sites (tertiary alicyclic amines) is 1. The van der Waals surface area contributed by atoms with Gasteiger partial charge in [-0.15, -0.1) is 0 Å². The zero-order valence-corrected chi connectivity index (χ0v) is 12.8. The Kier molecular flexibility index (Phi) is 3.61. The summed E-state index contributed by atoms with van der Waals surface area (Å²) in [5.74, 6) is 1.23. The third-order valence-corrected chi connectivity index (χ3v) is 4.46. The van der Waals surface area contributed by atoms with E-state index in [-0.39, 0.29) is 0 Å². The van der Waals surface area contributed by atoms with Crippen LogP contribution in [0.25, 0.3) is 11.0 Å². The Hall–Kier alpha value is -1.26. The number of halogens is 1. The number of nitrogens with zero attached hydrogens (tertiary/aromatic N) is 3. The highest BCUT2D eigenvalue weighted by Crippen LogP contribution is 2.26. The number of nitrogen functional groups attached to an aromatic ring is 1. The van der Waals surface area contributed by atoms with Crippen molar-refractivity contribution in [2.75, 3.05) is 18.8 Å². The van der Waals surface area contributed by atoms with Crippen molar-refractivity contribution in [3.63, 3.8) is 0 Å². The smallest absolute Gasteiger partial charge is 0.201 e. The molecule has 1 aliphatic heterocycles. The number of nitrogens with two attached hydrogens (primary N) is 1. The Bertz CT molecular complexity index is 620. The third kappa shape index (κ3) is 2.50. The van der Waals surface area contributed by atoms with Gasteiger partial charge in [0, 0.05) is 24.2 Å². The monoisotopic (exact) mass is 292 g/mol.